The van der Waals surface area contributed by atoms with E-state index in [1.54, 1.807) is 37.3 Å². The standard InChI is InChI=1S/C17H28N2O4S/c1-5-16(17(20)18-12-9-13-23-14(2)3)19(24(4,21)22)15-10-7-6-8-11-15/h6-8,10-11,14,16H,5,9,12-13H2,1-4H3,(H,18,20). The second-order valence-electron chi connectivity index (χ2n) is 5.88. The Bertz CT molecular complexity index is 602. The highest BCUT2D eigenvalue weighted by Crippen LogP contribution is 2.21. The minimum atomic E-state index is -3.57. The van der Waals surface area contributed by atoms with Crippen LogP contribution in [-0.2, 0) is 19.6 Å². The molecule has 1 atom stereocenters. The fourth-order valence-electron chi connectivity index (χ4n) is 2.36. The van der Waals surface area contributed by atoms with Gasteiger partial charge in [-0.15, -0.1) is 0 Å². The van der Waals surface area contributed by atoms with Crippen molar-refractivity contribution in [3.05, 3.63) is 30.3 Å². The number of ether oxygens (including phenoxy) is 1. The molecule has 0 saturated heterocycles. The minimum absolute atomic E-state index is 0.155. The van der Waals surface area contributed by atoms with Gasteiger partial charge in [0.1, 0.15) is 6.04 Å². The molecular weight excluding hydrogens is 328 g/mol. The third kappa shape index (κ3) is 6.49. The molecule has 1 rings (SSSR count). The maximum Gasteiger partial charge on any atom is 0.243 e. The first-order valence-electron chi connectivity index (χ1n) is 8.21. The van der Waals surface area contributed by atoms with Crippen LogP contribution < -0.4 is 9.62 Å². The lowest BCUT2D eigenvalue weighted by molar-refractivity contribution is -0.122. The number of carbonyl (C=O) groups is 1. The lowest BCUT2D eigenvalue weighted by atomic mass is 10.2. The summed E-state index contributed by atoms with van der Waals surface area (Å²) < 4.78 is 31.0. The van der Waals surface area contributed by atoms with Crippen LogP contribution >= 0.6 is 0 Å². The van der Waals surface area contributed by atoms with Crippen LogP contribution in [0.1, 0.15) is 33.6 Å². The van der Waals surface area contributed by atoms with E-state index in [0.29, 0.717) is 31.7 Å². The lowest BCUT2D eigenvalue weighted by Gasteiger charge is -2.30. The number of hydrogen-bond acceptors (Lipinski definition) is 4. The van der Waals surface area contributed by atoms with Gasteiger partial charge in [0.25, 0.3) is 0 Å². The summed E-state index contributed by atoms with van der Waals surface area (Å²) in [6.07, 6.45) is 2.34. The molecule has 0 aliphatic heterocycles. The third-order valence-electron chi connectivity index (χ3n) is 3.41. The van der Waals surface area contributed by atoms with E-state index in [-0.39, 0.29) is 12.0 Å². The zero-order valence-electron chi connectivity index (χ0n) is 14.9. The van der Waals surface area contributed by atoms with E-state index in [1.807, 2.05) is 13.8 Å². The highest BCUT2D eigenvalue weighted by Gasteiger charge is 2.31. The van der Waals surface area contributed by atoms with E-state index in [2.05, 4.69) is 5.32 Å². The smallest absolute Gasteiger partial charge is 0.243 e. The highest BCUT2D eigenvalue weighted by molar-refractivity contribution is 7.92. The van der Waals surface area contributed by atoms with Crippen LogP contribution in [0.15, 0.2) is 30.3 Å². The van der Waals surface area contributed by atoms with Gasteiger partial charge in [-0.2, -0.15) is 0 Å². The van der Waals surface area contributed by atoms with Gasteiger partial charge < -0.3 is 10.1 Å². The van der Waals surface area contributed by atoms with Crippen LogP contribution in [0, 0.1) is 0 Å². The van der Waals surface area contributed by atoms with E-state index in [1.165, 1.54) is 4.31 Å². The zero-order chi connectivity index (χ0) is 18.2. The number of para-hydroxylation sites is 1. The summed E-state index contributed by atoms with van der Waals surface area (Å²) in [5, 5.41) is 2.80. The van der Waals surface area contributed by atoms with Crippen molar-refractivity contribution < 1.29 is 17.9 Å². The van der Waals surface area contributed by atoms with E-state index in [9.17, 15) is 13.2 Å². The Morgan fingerprint density at radius 2 is 1.88 bits per heavy atom. The molecule has 0 aliphatic rings. The number of hydrogen-bond donors (Lipinski definition) is 1. The van der Waals surface area contributed by atoms with E-state index in [0.717, 1.165) is 6.26 Å². The van der Waals surface area contributed by atoms with Crippen molar-refractivity contribution in [3.8, 4) is 0 Å². The van der Waals surface area contributed by atoms with Gasteiger partial charge in [0.15, 0.2) is 0 Å². The second-order valence-corrected chi connectivity index (χ2v) is 7.74. The normalized spacial score (nSPS) is 12.9. The SMILES string of the molecule is CCC(C(=O)NCCCOC(C)C)N(c1ccccc1)S(C)(=O)=O. The maximum absolute atomic E-state index is 12.5. The molecule has 0 spiro atoms. The Hall–Kier alpha value is -1.60. The summed E-state index contributed by atoms with van der Waals surface area (Å²) in [6, 6.07) is 7.91. The summed E-state index contributed by atoms with van der Waals surface area (Å²) in [7, 11) is -3.57. The molecule has 0 saturated carbocycles. The van der Waals surface area contributed by atoms with Crippen LogP contribution in [0.4, 0.5) is 5.69 Å². The summed E-state index contributed by atoms with van der Waals surface area (Å²) >= 11 is 0. The van der Waals surface area contributed by atoms with E-state index < -0.39 is 16.1 Å². The van der Waals surface area contributed by atoms with Gasteiger partial charge in [-0.05, 0) is 38.8 Å². The van der Waals surface area contributed by atoms with E-state index in [4.69, 9.17) is 4.74 Å². The molecule has 0 radical (unpaired) electrons. The average Bonchev–Trinajstić information content (AvgIpc) is 2.51. The molecule has 0 aliphatic carbocycles. The molecule has 1 amide bonds. The number of rotatable bonds is 10. The molecule has 136 valence electrons. The maximum atomic E-state index is 12.5. The van der Waals surface area contributed by atoms with Crippen LogP contribution in [0.25, 0.3) is 0 Å². The van der Waals surface area contributed by atoms with Gasteiger partial charge in [-0.3, -0.25) is 9.10 Å². The van der Waals surface area contributed by atoms with Crippen molar-refractivity contribution in [2.75, 3.05) is 23.7 Å². The molecule has 0 heterocycles. The second kappa shape index (κ2) is 9.64. The predicted molar refractivity (Wildman–Crippen MR) is 96.6 cm³/mol. The number of benzene rings is 1. The Kier molecular flexibility index (Phi) is 8.21. The van der Waals surface area contributed by atoms with Crippen LogP contribution in [0.3, 0.4) is 0 Å². The number of nitrogens with one attached hydrogen (secondary N) is 1. The molecule has 0 fully saturated rings. The van der Waals surface area contributed by atoms with Crippen molar-refractivity contribution in [2.45, 2.75) is 45.8 Å². The van der Waals surface area contributed by atoms with Gasteiger partial charge in [-0.1, -0.05) is 25.1 Å². The molecule has 0 bridgehead atoms. The molecule has 7 heteroatoms. The van der Waals surface area contributed by atoms with Crippen LogP contribution in [-0.4, -0.2) is 45.9 Å². The van der Waals surface area contributed by atoms with Gasteiger partial charge in [-0.25, -0.2) is 8.42 Å². The number of sulfonamides is 1. The van der Waals surface area contributed by atoms with Crippen molar-refractivity contribution in [1.29, 1.82) is 0 Å². The fourth-order valence-corrected chi connectivity index (χ4v) is 3.57. The topological polar surface area (TPSA) is 75.7 Å². The Balaban J connectivity index is 2.78. The van der Waals surface area contributed by atoms with Gasteiger partial charge >= 0.3 is 0 Å². The Labute approximate surface area is 145 Å². The number of nitrogens with zero attached hydrogens (tertiary/aromatic N) is 1. The number of amides is 1. The van der Waals surface area contributed by atoms with Crippen molar-refractivity contribution in [3.63, 3.8) is 0 Å². The van der Waals surface area contributed by atoms with Gasteiger partial charge in [0.05, 0.1) is 18.0 Å². The molecular formula is C17H28N2O4S. The molecule has 1 aromatic carbocycles. The fraction of sp³-hybridized carbons (Fsp3) is 0.588. The van der Waals surface area contributed by atoms with E-state index >= 15 is 0 Å². The summed E-state index contributed by atoms with van der Waals surface area (Å²) in [5.74, 6) is -0.295. The van der Waals surface area contributed by atoms with Crippen molar-refractivity contribution in [2.24, 2.45) is 0 Å². The first-order chi connectivity index (χ1) is 11.3. The number of carbonyl (C=O) groups excluding carboxylic acids is 1. The summed E-state index contributed by atoms with van der Waals surface area (Å²) in [4.78, 5) is 12.5. The molecule has 1 N–H and O–H groups in total. The molecule has 1 unspecified atom stereocenters. The monoisotopic (exact) mass is 356 g/mol. The lowest BCUT2D eigenvalue weighted by Crippen LogP contribution is -2.49. The minimum Gasteiger partial charge on any atom is -0.379 e. The Morgan fingerprint density at radius 1 is 1.25 bits per heavy atom. The summed E-state index contributed by atoms with van der Waals surface area (Å²) in [6.45, 7) is 6.72. The third-order valence-corrected chi connectivity index (χ3v) is 4.59. The van der Waals surface area contributed by atoms with Gasteiger partial charge in [0.2, 0.25) is 15.9 Å². The molecule has 1 aromatic rings. The quantitative estimate of drug-likeness (QED) is 0.652. The molecule has 24 heavy (non-hydrogen) atoms. The largest absolute Gasteiger partial charge is 0.379 e. The van der Waals surface area contributed by atoms with Crippen LogP contribution in [0.2, 0.25) is 0 Å². The van der Waals surface area contributed by atoms with Crippen molar-refractivity contribution >= 4 is 21.6 Å². The molecule has 6 nitrogen and oxygen atoms in total. The predicted octanol–water partition coefficient (Wildman–Crippen LogP) is 2.16. The zero-order valence-corrected chi connectivity index (χ0v) is 15.7. The van der Waals surface area contributed by atoms with Crippen molar-refractivity contribution in [1.82, 2.24) is 5.32 Å². The number of anilines is 1. The Morgan fingerprint density at radius 3 is 2.38 bits per heavy atom. The van der Waals surface area contributed by atoms with Gasteiger partial charge in [0, 0.05) is 13.2 Å². The molecule has 0 aromatic heterocycles. The average molecular weight is 356 g/mol. The first-order valence-corrected chi connectivity index (χ1v) is 10.1. The first kappa shape index (κ1) is 20.4. The summed E-state index contributed by atoms with van der Waals surface area (Å²) in [5.41, 5.74) is 0.491. The van der Waals surface area contributed by atoms with Crippen LogP contribution in [0.5, 0.6) is 0 Å². The highest BCUT2D eigenvalue weighted by atomic mass is 32.2.